The van der Waals surface area contributed by atoms with Gasteiger partial charge >= 0.3 is 5.97 Å². The van der Waals surface area contributed by atoms with Gasteiger partial charge in [0.25, 0.3) is 5.78 Å². The Hall–Kier alpha value is -1.90. The van der Waals surface area contributed by atoms with Gasteiger partial charge in [0, 0.05) is 5.56 Å². The molecular weight excluding hydrogens is 216 g/mol. The van der Waals surface area contributed by atoms with E-state index in [0.717, 1.165) is 19.3 Å². The van der Waals surface area contributed by atoms with Gasteiger partial charge in [0.05, 0.1) is 6.26 Å². The minimum Gasteiger partial charge on any atom is -0.429 e. The third-order valence-electron chi connectivity index (χ3n) is 2.22. The number of hydrogen-bond donors (Lipinski definition) is 0. The Kier molecular flexibility index (Phi) is 5.72. The third kappa shape index (κ3) is 4.64. The van der Waals surface area contributed by atoms with Crippen LogP contribution in [-0.2, 0) is 9.53 Å². The molecule has 0 N–H and O–H groups in total. The molecule has 0 fully saturated rings. The lowest BCUT2D eigenvalue weighted by Crippen LogP contribution is -2.14. The van der Waals surface area contributed by atoms with E-state index < -0.39 is 11.8 Å². The summed E-state index contributed by atoms with van der Waals surface area (Å²) < 4.78 is 4.74. The van der Waals surface area contributed by atoms with Crippen molar-refractivity contribution in [3.63, 3.8) is 0 Å². The molecule has 3 heteroatoms. The van der Waals surface area contributed by atoms with E-state index in [4.69, 9.17) is 4.74 Å². The fraction of sp³-hybridized carbons (Fsp3) is 0.286. The molecule has 0 spiro atoms. The van der Waals surface area contributed by atoms with Crippen molar-refractivity contribution in [2.75, 3.05) is 0 Å². The maximum absolute atomic E-state index is 11.6. The van der Waals surface area contributed by atoms with Gasteiger partial charge in [-0.25, -0.2) is 4.79 Å². The number of Topliss-reactive ketones (excluding diaryl/α,β-unsaturated/α-hetero) is 1. The quantitative estimate of drug-likeness (QED) is 0.249. The Morgan fingerprint density at radius 3 is 2.59 bits per heavy atom. The van der Waals surface area contributed by atoms with Crippen LogP contribution in [-0.4, -0.2) is 11.8 Å². The lowest BCUT2D eigenvalue weighted by molar-refractivity contribution is -0.132. The van der Waals surface area contributed by atoms with Crippen LogP contribution in [0.3, 0.4) is 0 Å². The number of rotatable bonds is 6. The molecule has 0 aliphatic rings. The number of hydrogen-bond acceptors (Lipinski definition) is 3. The highest BCUT2D eigenvalue weighted by atomic mass is 16.5. The summed E-state index contributed by atoms with van der Waals surface area (Å²) >= 11 is 0. The van der Waals surface area contributed by atoms with Crippen LogP contribution < -0.4 is 0 Å². The molecule has 0 unspecified atom stereocenters. The lowest BCUT2D eigenvalue weighted by atomic mass is 10.1. The second-order valence-electron chi connectivity index (χ2n) is 3.61. The normalized spacial score (nSPS) is 10.4. The zero-order valence-electron chi connectivity index (χ0n) is 9.89. The molecule has 0 aliphatic heterocycles. The number of carbonyl (C=O) groups is 2. The van der Waals surface area contributed by atoms with Crippen LogP contribution >= 0.6 is 0 Å². The fourth-order valence-corrected chi connectivity index (χ4v) is 1.26. The molecule has 0 aromatic heterocycles. The summed E-state index contributed by atoms with van der Waals surface area (Å²) in [4.78, 5) is 22.9. The number of benzene rings is 1. The molecule has 0 saturated carbocycles. The van der Waals surface area contributed by atoms with Crippen molar-refractivity contribution in [1.82, 2.24) is 0 Å². The Morgan fingerprint density at radius 2 is 1.94 bits per heavy atom. The van der Waals surface area contributed by atoms with Crippen LogP contribution in [0.2, 0.25) is 0 Å². The SMILES string of the molecule is CCCC/C=C/OC(=O)C(=O)c1ccccc1. The number of ether oxygens (including phenoxy) is 1. The summed E-state index contributed by atoms with van der Waals surface area (Å²) in [5.41, 5.74) is 0.347. The number of unbranched alkanes of at least 4 members (excludes halogenated alkanes) is 2. The first kappa shape index (κ1) is 13.2. The maximum atomic E-state index is 11.6. The molecule has 0 amide bonds. The first-order valence-corrected chi connectivity index (χ1v) is 5.71. The van der Waals surface area contributed by atoms with Crippen LogP contribution in [0.25, 0.3) is 0 Å². The third-order valence-corrected chi connectivity index (χ3v) is 2.22. The molecule has 0 radical (unpaired) electrons. The number of esters is 1. The van der Waals surface area contributed by atoms with Crippen molar-refractivity contribution >= 4 is 11.8 Å². The van der Waals surface area contributed by atoms with Crippen molar-refractivity contribution in [2.45, 2.75) is 26.2 Å². The van der Waals surface area contributed by atoms with Gasteiger partial charge in [0.2, 0.25) is 0 Å². The molecule has 90 valence electrons. The Balaban J connectivity index is 2.43. The van der Waals surface area contributed by atoms with E-state index in [-0.39, 0.29) is 0 Å². The van der Waals surface area contributed by atoms with E-state index in [1.165, 1.54) is 6.26 Å². The van der Waals surface area contributed by atoms with Crippen LogP contribution in [0.4, 0.5) is 0 Å². The van der Waals surface area contributed by atoms with E-state index >= 15 is 0 Å². The predicted octanol–water partition coefficient (Wildman–Crippen LogP) is 3.12. The summed E-state index contributed by atoms with van der Waals surface area (Å²) in [5.74, 6) is -1.46. The molecule has 0 bridgehead atoms. The van der Waals surface area contributed by atoms with E-state index in [0.29, 0.717) is 5.56 Å². The molecule has 1 aromatic carbocycles. The van der Waals surface area contributed by atoms with Crippen molar-refractivity contribution < 1.29 is 14.3 Å². The van der Waals surface area contributed by atoms with Gasteiger partial charge in [-0.1, -0.05) is 43.7 Å². The fourth-order valence-electron chi connectivity index (χ4n) is 1.26. The highest BCUT2D eigenvalue weighted by molar-refractivity contribution is 6.40. The summed E-state index contributed by atoms with van der Waals surface area (Å²) in [6, 6.07) is 8.37. The zero-order valence-corrected chi connectivity index (χ0v) is 9.89. The maximum Gasteiger partial charge on any atom is 0.384 e. The van der Waals surface area contributed by atoms with Gasteiger partial charge in [-0.05, 0) is 18.9 Å². The van der Waals surface area contributed by atoms with Crippen LogP contribution in [0.1, 0.15) is 36.5 Å². The van der Waals surface area contributed by atoms with Crippen LogP contribution in [0, 0.1) is 0 Å². The molecule has 1 aromatic rings. The van der Waals surface area contributed by atoms with E-state index in [1.54, 1.807) is 36.4 Å². The van der Waals surface area contributed by atoms with Gasteiger partial charge in [-0.3, -0.25) is 4.79 Å². The molecule has 0 aliphatic carbocycles. The summed E-state index contributed by atoms with van der Waals surface area (Å²) in [7, 11) is 0. The monoisotopic (exact) mass is 232 g/mol. The highest BCUT2D eigenvalue weighted by Gasteiger charge is 2.16. The molecule has 0 atom stereocenters. The average molecular weight is 232 g/mol. The van der Waals surface area contributed by atoms with Gasteiger partial charge < -0.3 is 4.74 Å². The number of allylic oxidation sites excluding steroid dienone is 1. The van der Waals surface area contributed by atoms with Crippen molar-refractivity contribution in [1.29, 1.82) is 0 Å². The van der Waals surface area contributed by atoms with Crippen LogP contribution in [0.15, 0.2) is 42.7 Å². The van der Waals surface area contributed by atoms with Crippen molar-refractivity contribution in [3.05, 3.63) is 48.2 Å². The topological polar surface area (TPSA) is 43.4 Å². The Labute approximate surface area is 101 Å². The summed E-state index contributed by atoms with van der Waals surface area (Å²) in [5, 5.41) is 0. The minimum atomic E-state index is -0.844. The summed E-state index contributed by atoms with van der Waals surface area (Å²) in [6.07, 6.45) is 6.02. The summed E-state index contributed by atoms with van der Waals surface area (Å²) in [6.45, 7) is 2.08. The first-order chi connectivity index (χ1) is 8.25. The molecule has 0 saturated heterocycles. The zero-order chi connectivity index (χ0) is 12.5. The Bertz CT molecular complexity index is 393. The standard InChI is InChI=1S/C14H16O3/c1-2-3-4-8-11-17-14(16)13(15)12-9-6-5-7-10-12/h5-11H,2-4H2,1H3/b11-8+. The second kappa shape index (κ2) is 7.39. The molecule has 1 rings (SSSR count). The molecule has 17 heavy (non-hydrogen) atoms. The smallest absolute Gasteiger partial charge is 0.384 e. The minimum absolute atomic E-state index is 0.347. The van der Waals surface area contributed by atoms with E-state index in [1.807, 2.05) is 0 Å². The molecule has 3 nitrogen and oxygen atoms in total. The predicted molar refractivity (Wildman–Crippen MR) is 65.5 cm³/mol. The van der Waals surface area contributed by atoms with Gasteiger partial charge in [0.15, 0.2) is 0 Å². The second-order valence-corrected chi connectivity index (χ2v) is 3.61. The van der Waals surface area contributed by atoms with Crippen molar-refractivity contribution in [2.24, 2.45) is 0 Å². The van der Waals surface area contributed by atoms with Crippen LogP contribution in [0.5, 0.6) is 0 Å². The number of ketones is 1. The van der Waals surface area contributed by atoms with E-state index in [2.05, 4.69) is 6.92 Å². The number of carbonyl (C=O) groups excluding carboxylic acids is 2. The largest absolute Gasteiger partial charge is 0.429 e. The van der Waals surface area contributed by atoms with E-state index in [9.17, 15) is 9.59 Å². The van der Waals surface area contributed by atoms with Gasteiger partial charge in [0.1, 0.15) is 0 Å². The van der Waals surface area contributed by atoms with Gasteiger partial charge in [-0.15, -0.1) is 0 Å². The Morgan fingerprint density at radius 1 is 1.24 bits per heavy atom. The first-order valence-electron chi connectivity index (χ1n) is 5.71. The van der Waals surface area contributed by atoms with Gasteiger partial charge in [-0.2, -0.15) is 0 Å². The molecular formula is C14H16O3. The average Bonchev–Trinajstić information content (AvgIpc) is 2.38. The highest BCUT2D eigenvalue weighted by Crippen LogP contribution is 2.02. The molecule has 0 heterocycles. The lowest BCUT2D eigenvalue weighted by Gasteiger charge is -1.98. The van der Waals surface area contributed by atoms with Crippen molar-refractivity contribution in [3.8, 4) is 0 Å².